The summed E-state index contributed by atoms with van der Waals surface area (Å²) in [6.45, 7) is 12.3. The summed E-state index contributed by atoms with van der Waals surface area (Å²) in [7, 11) is 0. The van der Waals surface area contributed by atoms with Crippen LogP contribution in [0.5, 0.6) is 0 Å². The minimum atomic E-state index is -1.26. The van der Waals surface area contributed by atoms with Crippen LogP contribution < -0.4 is 0 Å². The van der Waals surface area contributed by atoms with E-state index in [1.165, 1.54) is 11.3 Å². The molecule has 0 fully saturated rings. The zero-order valence-electron chi connectivity index (χ0n) is 21.9. The number of aromatic nitrogens is 1. The molecule has 2 heterocycles. The third-order valence-electron chi connectivity index (χ3n) is 7.21. The molecule has 0 aromatic carbocycles. The number of nitrogens with zero attached hydrogens (tertiary/aromatic N) is 1. The zero-order valence-corrected chi connectivity index (χ0v) is 22.8. The maximum atomic E-state index is 13.2. The first-order valence-electron chi connectivity index (χ1n) is 12.3. The van der Waals surface area contributed by atoms with E-state index in [-0.39, 0.29) is 18.1 Å². The predicted octanol–water partition coefficient (Wildman–Crippen LogP) is 4.24. The van der Waals surface area contributed by atoms with Crippen molar-refractivity contribution in [3.8, 4) is 0 Å². The molecule has 1 aromatic rings. The van der Waals surface area contributed by atoms with E-state index in [1.807, 2.05) is 45.2 Å². The zero-order chi connectivity index (χ0) is 26.5. The van der Waals surface area contributed by atoms with E-state index in [1.54, 1.807) is 20.8 Å². The summed E-state index contributed by atoms with van der Waals surface area (Å²) < 4.78 is 5.76. The summed E-state index contributed by atoms with van der Waals surface area (Å²) in [6, 6.07) is 0. The number of aliphatic hydroxyl groups excluding tert-OH is 3. The van der Waals surface area contributed by atoms with E-state index in [2.05, 4.69) is 4.98 Å². The van der Waals surface area contributed by atoms with E-state index in [0.29, 0.717) is 19.3 Å². The second kappa shape index (κ2) is 12.4. The fourth-order valence-corrected chi connectivity index (χ4v) is 4.94. The van der Waals surface area contributed by atoms with Gasteiger partial charge < -0.3 is 20.1 Å². The van der Waals surface area contributed by atoms with Gasteiger partial charge in [0.05, 0.1) is 40.8 Å². The highest BCUT2D eigenvalue weighted by molar-refractivity contribution is 7.09. The van der Waals surface area contributed by atoms with Gasteiger partial charge in [0.1, 0.15) is 11.9 Å². The van der Waals surface area contributed by atoms with Gasteiger partial charge in [0.25, 0.3) is 0 Å². The third-order valence-corrected chi connectivity index (χ3v) is 8.00. The number of carbonyl (C=O) groups excluding carboxylic acids is 2. The third kappa shape index (κ3) is 7.81. The van der Waals surface area contributed by atoms with Crippen LogP contribution in [0.2, 0.25) is 0 Å². The topological polar surface area (TPSA) is 117 Å². The molecule has 0 saturated carbocycles. The number of ketones is 1. The summed E-state index contributed by atoms with van der Waals surface area (Å²) in [6.07, 6.45) is 1.23. The van der Waals surface area contributed by atoms with Crippen molar-refractivity contribution in [2.75, 3.05) is 0 Å². The van der Waals surface area contributed by atoms with E-state index < -0.39 is 41.7 Å². The molecule has 1 aromatic heterocycles. The average molecular weight is 508 g/mol. The van der Waals surface area contributed by atoms with Crippen LogP contribution >= 0.6 is 11.3 Å². The van der Waals surface area contributed by atoms with E-state index in [4.69, 9.17) is 4.74 Å². The summed E-state index contributed by atoms with van der Waals surface area (Å²) in [5.41, 5.74) is 1.08. The molecule has 6 atom stereocenters. The summed E-state index contributed by atoms with van der Waals surface area (Å²) in [4.78, 5) is 30.5. The van der Waals surface area contributed by atoms with Crippen molar-refractivity contribution in [3.05, 3.63) is 33.3 Å². The fourth-order valence-electron chi connectivity index (χ4n) is 4.37. The van der Waals surface area contributed by atoms with Gasteiger partial charge in [0.15, 0.2) is 0 Å². The molecule has 0 unspecified atom stereocenters. The molecule has 3 N–H and O–H groups in total. The van der Waals surface area contributed by atoms with Gasteiger partial charge in [-0.3, -0.25) is 9.59 Å². The lowest BCUT2D eigenvalue weighted by molar-refractivity contribution is -0.154. The largest absolute Gasteiger partial charge is 0.457 e. The first-order chi connectivity index (χ1) is 16.2. The van der Waals surface area contributed by atoms with Crippen molar-refractivity contribution in [3.63, 3.8) is 0 Å². The fraction of sp³-hybridized carbons (Fsp3) is 0.667. The van der Waals surface area contributed by atoms with Crippen LogP contribution in [0.4, 0.5) is 0 Å². The van der Waals surface area contributed by atoms with Crippen LogP contribution in [0, 0.1) is 24.2 Å². The Labute approximate surface area is 212 Å². The molecule has 0 saturated heterocycles. The second-order valence-corrected chi connectivity index (χ2v) is 11.6. The Balaban J connectivity index is 2.38. The van der Waals surface area contributed by atoms with Gasteiger partial charge in [-0.1, -0.05) is 33.8 Å². The molecule has 8 heteroatoms. The summed E-state index contributed by atoms with van der Waals surface area (Å²) >= 11 is 1.53. The molecule has 35 heavy (non-hydrogen) atoms. The Hall–Kier alpha value is -1.87. The Morgan fingerprint density at radius 1 is 1.17 bits per heavy atom. The standard InChI is InChI=1S/C27H41NO6S/c1-15-9-11-22(17(3)12-20-14-35-19(5)28-20)34-24(31)13-23(30)27(6,7)26(33)18(4)25(32)16(2)8-10-21(15)29/h9,12,14,16,18,21-23,25,29-30,32H,8,10-11,13H2,1-7H3/t16-,18+,21-,22-,23-,25-/m0/s1. The maximum absolute atomic E-state index is 13.2. The monoisotopic (exact) mass is 507 g/mol. The average Bonchev–Trinajstić information content (AvgIpc) is 3.21. The van der Waals surface area contributed by atoms with Crippen molar-refractivity contribution >= 4 is 29.2 Å². The number of rotatable bonds is 2. The second-order valence-electron chi connectivity index (χ2n) is 10.5. The van der Waals surface area contributed by atoms with Crippen molar-refractivity contribution in [1.82, 2.24) is 4.98 Å². The van der Waals surface area contributed by atoms with Crippen LogP contribution in [0.25, 0.3) is 6.08 Å². The van der Waals surface area contributed by atoms with Crippen LogP contribution in [-0.2, 0) is 14.3 Å². The van der Waals surface area contributed by atoms with E-state index in [0.717, 1.165) is 21.8 Å². The normalized spacial score (nSPS) is 32.2. The number of cyclic esters (lactones) is 1. The van der Waals surface area contributed by atoms with E-state index >= 15 is 0 Å². The number of aliphatic hydroxyl groups is 3. The van der Waals surface area contributed by atoms with Crippen molar-refractivity contribution < 1.29 is 29.6 Å². The molecule has 0 bridgehead atoms. The molecule has 1 aliphatic rings. The molecule has 2 rings (SSSR count). The highest BCUT2D eigenvalue weighted by Gasteiger charge is 2.42. The number of hydrogen-bond acceptors (Lipinski definition) is 8. The van der Waals surface area contributed by atoms with Crippen LogP contribution in [0.1, 0.15) is 77.9 Å². The minimum Gasteiger partial charge on any atom is -0.457 e. The first kappa shape index (κ1) is 29.4. The van der Waals surface area contributed by atoms with Crippen molar-refractivity contribution in [2.24, 2.45) is 17.3 Å². The lowest BCUT2D eigenvalue weighted by Gasteiger charge is -2.34. The quantitative estimate of drug-likeness (QED) is 0.405. The van der Waals surface area contributed by atoms with Crippen LogP contribution in [0.3, 0.4) is 0 Å². The smallest absolute Gasteiger partial charge is 0.309 e. The Morgan fingerprint density at radius 3 is 2.43 bits per heavy atom. The van der Waals surface area contributed by atoms with Crippen molar-refractivity contribution in [2.45, 2.75) is 98.6 Å². The van der Waals surface area contributed by atoms with Gasteiger partial charge in [0, 0.05) is 17.7 Å². The van der Waals surface area contributed by atoms with Crippen LogP contribution in [0.15, 0.2) is 22.6 Å². The lowest BCUT2D eigenvalue weighted by atomic mass is 9.73. The van der Waals surface area contributed by atoms with Gasteiger partial charge >= 0.3 is 5.97 Å². The van der Waals surface area contributed by atoms with Gasteiger partial charge in [0.2, 0.25) is 0 Å². The van der Waals surface area contributed by atoms with Gasteiger partial charge in [-0.05, 0) is 56.8 Å². The number of esters is 1. The van der Waals surface area contributed by atoms with Gasteiger partial charge in [-0.25, -0.2) is 4.98 Å². The molecular formula is C27H41NO6S. The number of carbonyl (C=O) groups is 2. The highest BCUT2D eigenvalue weighted by Crippen LogP contribution is 2.32. The Kier molecular flexibility index (Phi) is 10.4. The minimum absolute atomic E-state index is 0.221. The SMILES string of the molecule is CC(=Cc1csc(C)n1)[C@@H]1CC=C(C)[C@@H](O)CC[C@H](C)[C@H](O)[C@@H](C)C(=O)C(C)(C)[C@@H](O)CC(=O)O1. The number of ether oxygens (including phenoxy) is 1. The van der Waals surface area contributed by atoms with Crippen molar-refractivity contribution in [1.29, 1.82) is 0 Å². The molecular weight excluding hydrogens is 466 g/mol. The summed E-state index contributed by atoms with van der Waals surface area (Å²) in [5, 5.41) is 35.1. The number of Topliss-reactive ketones (excluding diaryl/α,β-unsaturated/α-hetero) is 1. The molecule has 0 radical (unpaired) electrons. The van der Waals surface area contributed by atoms with Gasteiger partial charge in [-0.2, -0.15) is 0 Å². The predicted molar refractivity (Wildman–Crippen MR) is 138 cm³/mol. The number of thiazole rings is 1. The first-order valence-corrected chi connectivity index (χ1v) is 13.2. The highest BCUT2D eigenvalue weighted by atomic mass is 32.1. The molecule has 1 aliphatic heterocycles. The molecule has 7 nitrogen and oxygen atoms in total. The van der Waals surface area contributed by atoms with Gasteiger partial charge in [-0.15, -0.1) is 11.3 Å². The molecule has 196 valence electrons. The lowest BCUT2D eigenvalue weighted by Crippen LogP contribution is -2.45. The van der Waals surface area contributed by atoms with E-state index in [9.17, 15) is 24.9 Å². The number of hydrogen-bond donors (Lipinski definition) is 3. The Morgan fingerprint density at radius 2 is 1.83 bits per heavy atom. The number of aryl methyl sites for hydroxylation is 1. The molecule has 0 amide bonds. The van der Waals surface area contributed by atoms with Crippen LogP contribution in [-0.4, -0.2) is 56.5 Å². The molecule has 0 aliphatic carbocycles. The summed E-state index contributed by atoms with van der Waals surface area (Å²) in [5.74, 6) is -1.88. The Bertz CT molecular complexity index is 949. The molecule has 0 spiro atoms. The maximum Gasteiger partial charge on any atom is 0.309 e.